The van der Waals surface area contributed by atoms with Crippen molar-refractivity contribution in [1.29, 1.82) is 0 Å². The molecule has 1 N–H and O–H groups in total. The summed E-state index contributed by atoms with van der Waals surface area (Å²) in [5.41, 5.74) is 4.28. The Morgan fingerprint density at radius 3 is 2.44 bits per heavy atom. The highest BCUT2D eigenvalue weighted by Gasteiger charge is 2.33. The quantitative estimate of drug-likeness (QED) is 0.276. The number of fused-ring (bicyclic) bond motifs is 1. The van der Waals surface area contributed by atoms with Gasteiger partial charge in [-0.1, -0.05) is 73.5 Å². The Kier molecular flexibility index (Phi) is 7.02. The summed E-state index contributed by atoms with van der Waals surface area (Å²) in [5, 5.41) is 14.0. The molecule has 0 amide bonds. The van der Waals surface area contributed by atoms with Crippen LogP contribution in [0.3, 0.4) is 0 Å². The number of H-pyrrole nitrogens is 1. The lowest BCUT2D eigenvalue weighted by molar-refractivity contribution is 0.190. The Labute approximate surface area is 226 Å². The molecule has 0 saturated heterocycles. The number of nitrogens with zero attached hydrogens (tertiary/aromatic N) is 5. The fourth-order valence-electron chi connectivity index (χ4n) is 5.77. The number of halogens is 1. The van der Waals surface area contributed by atoms with E-state index in [2.05, 4.69) is 37.5 Å². The van der Waals surface area contributed by atoms with Gasteiger partial charge in [-0.25, -0.2) is 9.07 Å². The molecule has 0 spiro atoms. The van der Waals surface area contributed by atoms with Crippen molar-refractivity contribution in [2.45, 2.75) is 57.8 Å². The van der Waals surface area contributed by atoms with Crippen molar-refractivity contribution in [3.63, 3.8) is 0 Å². The molecule has 1 fully saturated rings. The number of aromatic amines is 1. The molecule has 7 nitrogen and oxygen atoms in total. The van der Waals surface area contributed by atoms with Crippen molar-refractivity contribution in [2.75, 3.05) is 0 Å². The molecule has 198 valence electrons. The van der Waals surface area contributed by atoms with Crippen LogP contribution in [0, 0.1) is 12.7 Å². The molecule has 0 radical (unpaired) electrons. The van der Waals surface area contributed by atoms with E-state index in [4.69, 9.17) is 0 Å². The number of hydrogen-bond donors (Lipinski definition) is 1. The summed E-state index contributed by atoms with van der Waals surface area (Å²) in [6.45, 7) is 3.01. The molecule has 2 aromatic heterocycles. The van der Waals surface area contributed by atoms with Gasteiger partial charge in [0.05, 0.1) is 11.6 Å². The highest BCUT2D eigenvalue weighted by atomic mass is 19.1. The lowest BCUT2D eigenvalue weighted by Gasteiger charge is -2.32. The van der Waals surface area contributed by atoms with E-state index in [0.717, 1.165) is 53.3 Å². The number of benzene rings is 3. The minimum absolute atomic E-state index is 0.167. The van der Waals surface area contributed by atoms with Gasteiger partial charge in [0.15, 0.2) is 5.82 Å². The van der Waals surface area contributed by atoms with Crippen LogP contribution in [0.5, 0.6) is 0 Å². The number of pyridine rings is 1. The Morgan fingerprint density at radius 1 is 0.974 bits per heavy atom. The summed E-state index contributed by atoms with van der Waals surface area (Å²) in [6.07, 6.45) is 4.28. The average molecular weight is 523 g/mol. The normalized spacial score (nSPS) is 14.8. The first-order valence-electron chi connectivity index (χ1n) is 13.5. The van der Waals surface area contributed by atoms with Crippen LogP contribution in [0.1, 0.15) is 65.8 Å². The average Bonchev–Trinajstić information content (AvgIpc) is 3.64. The van der Waals surface area contributed by atoms with E-state index in [0.29, 0.717) is 24.5 Å². The van der Waals surface area contributed by atoms with Crippen molar-refractivity contribution < 1.29 is 4.39 Å². The highest BCUT2D eigenvalue weighted by molar-refractivity contribution is 5.82. The molecule has 0 unspecified atom stereocenters. The third-order valence-corrected chi connectivity index (χ3v) is 7.74. The van der Waals surface area contributed by atoms with Crippen LogP contribution in [0.4, 0.5) is 4.39 Å². The summed E-state index contributed by atoms with van der Waals surface area (Å²) >= 11 is 0. The number of hydrogen-bond acceptors (Lipinski definition) is 5. The van der Waals surface area contributed by atoms with Crippen molar-refractivity contribution in [3.8, 4) is 0 Å². The first-order chi connectivity index (χ1) is 19.1. The van der Waals surface area contributed by atoms with E-state index in [1.54, 1.807) is 12.1 Å². The summed E-state index contributed by atoms with van der Waals surface area (Å²) in [7, 11) is 0. The van der Waals surface area contributed by atoms with Crippen molar-refractivity contribution >= 4 is 10.9 Å². The molecule has 3 aromatic carbocycles. The van der Waals surface area contributed by atoms with Gasteiger partial charge >= 0.3 is 0 Å². The van der Waals surface area contributed by atoms with Gasteiger partial charge in [0.2, 0.25) is 0 Å². The maximum Gasteiger partial charge on any atom is 0.253 e. The Morgan fingerprint density at radius 2 is 1.69 bits per heavy atom. The first-order valence-corrected chi connectivity index (χ1v) is 13.5. The van der Waals surface area contributed by atoms with Crippen molar-refractivity contribution in [1.82, 2.24) is 30.1 Å². The molecule has 1 aliphatic carbocycles. The minimum Gasteiger partial charge on any atom is -0.321 e. The van der Waals surface area contributed by atoms with Gasteiger partial charge in [0.25, 0.3) is 5.56 Å². The summed E-state index contributed by atoms with van der Waals surface area (Å²) in [5.74, 6) is 0.369. The van der Waals surface area contributed by atoms with Gasteiger partial charge in [-0.15, -0.1) is 5.10 Å². The third kappa shape index (κ3) is 5.25. The zero-order chi connectivity index (χ0) is 26.8. The van der Waals surface area contributed by atoms with E-state index in [-0.39, 0.29) is 17.4 Å². The van der Waals surface area contributed by atoms with Crippen LogP contribution in [0.2, 0.25) is 0 Å². The predicted octanol–water partition coefficient (Wildman–Crippen LogP) is 5.87. The van der Waals surface area contributed by atoms with E-state index >= 15 is 0 Å². The van der Waals surface area contributed by atoms with E-state index in [1.807, 2.05) is 54.1 Å². The van der Waals surface area contributed by atoms with Gasteiger partial charge in [-0.05, 0) is 70.5 Å². The zero-order valence-corrected chi connectivity index (χ0v) is 21.9. The number of rotatable bonds is 8. The predicted molar refractivity (Wildman–Crippen MR) is 149 cm³/mol. The molecular formula is C31H31FN6O. The second kappa shape index (κ2) is 10.9. The zero-order valence-electron chi connectivity index (χ0n) is 21.9. The molecule has 0 bridgehead atoms. The van der Waals surface area contributed by atoms with Gasteiger partial charge in [-0.3, -0.25) is 9.69 Å². The molecule has 6 rings (SSSR count). The Balaban J connectivity index is 1.54. The van der Waals surface area contributed by atoms with Crippen LogP contribution in [0.15, 0.2) is 83.7 Å². The minimum atomic E-state index is -0.528. The molecule has 1 aliphatic rings. The van der Waals surface area contributed by atoms with Gasteiger partial charge in [-0.2, -0.15) is 0 Å². The monoisotopic (exact) mass is 522 g/mol. The fourth-order valence-corrected chi connectivity index (χ4v) is 5.77. The summed E-state index contributed by atoms with van der Waals surface area (Å²) in [6, 6.07) is 24.3. The van der Waals surface area contributed by atoms with Crippen LogP contribution in [-0.4, -0.2) is 30.1 Å². The van der Waals surface area contributed by atoms with Gasteiger partial charge < -0.3 is 4.98 Å². The molecule has 2 heterocycles. The van der Waals surface area contributed by atoms with Gasteiger partial charge in [0.1, 0.15) is 11.9 Å². The van der Waals surface area contributed by atoms with Crippen LogP contribution in [0.25, 0.3) is 10.9 Å². The topological polar surface area (TPSA) is 79.7 Å². The highest BCUT2D eigenvalue weighted by Crippen LogP contribution is 2.35. The number of aromatic nitrogens is 5. The molecule has 0 aliphatic heterocycles. The lowest BCUT2D eigenvalue weighted by atomic mass is 10.00. The number of nitrogens with one attached hydrogen (secondary N) is 1. The third-order valence-electron chi connectivity index (χ3n) is 7.74. The standard InChI is InChI=1S/C31H31FN6O/c1-21-8-7-11-24-18-27(31(39)33-28(21)24)29(30-34-35-36-38(30)26-12-5-6-13-26)37(19-22-9-3-2-4-10-22)20-23-14-16-25(32)17-15-23/h2-4,7-11,14-18,26,29H,5-6,12-13,19-20H2,1H3,(H,33,39)/t29-/m0/s1. The molecule has 8 heteroatoms. The maximum atomic E-state index is 13.8. The van der Waals surface area contributed by atoms with Gasteiger partial charge in [0, 0.05) is 18.7 Å². The fraction of sp³-hybridized carbons (Fsp3) is 0.290. The van der Waals surface area contributed by atoms with Crippen LogP contribution >= 0.6 is 0 Å². The van der Waals surface area contributed by atoms with E-state index in [1.165, 1.54) is 12.1 Å². The van der Waals surface area contributed by atoms with Crippen molar-refractivity contribution in [2.24, 2.45) is 0 Å². The molecule has 1 saturated carbocycles. The number of tetrazole rings is 1. The summed E-state index contributed by atoms with van der Waals surface area (Å²) < 4.78 is 15.7. The van der Waals surface area contributed by atoms with Crippen LogP contribution in [-0.2, 0) is 13.1 Å². The van der Waals surface area contributed by atoms with Crippen molar-refractivity contribution in [3.05, 3.63) is 123 Å². The summed E-state index contributed by atoms with van der Waals surface area (Å²) in [4.78, 5) is 19.2. The molecule has 1 atom stereocenters. The molecular weight excluding hydrogens is 491 g/mol. The Bertz CT molecular complexity index is 1620. The molecule has 39 heavy (non-hydrogen) atoms. The van der Waals surface area contributed by atoms with E-state index < -0.39 is 6.04 Å². The maximum absolute atomic E-state index is 13.8. The second-order valence-corrected chi connectivity index (χ2v) is 10.4. The Hall–Kier alpha value is -4.17. The number of aryl methyl sites for hydroxylation is 1. The SMILES string of the molecule is Cc1cccc2cc([C@@H](c3nnnn3C3CCCC3)N(Cc3ccccc3)Cc3ccc(F)cc3)c(=O)[nH]c12. The first kappa shape index (κ1) is 25.1. The van der Waals surface area contributed by atoms with Crippen LogP contribution < -0.4 is 5.56 Å². The largest absolute Gasteiger partial charge is 0.321 e. The molecule has 5 aromatic rings. The lowest BCUT2D eigenvalue weighted by Crippen LogP contribution is -2.35. The van der Waals surface area contributed by atoms with E-state index in [9.17, 15) is 9.18 Å². The second-order valence-electron chi connectivity index (χ2n) is 10.4. The number of para-hydroxylation sites is 1. The smallest absolute Gasteiger partial charge is 0.253 e.